The summed E-state index contributed by atoms with van der Waals surface area (Å²) in [6.45, 7) is 1.16. The Morgan fingerprint density at radius 3 is 2.70 bits per heavy atom. The van der Waals surface area contributed by atoms with E-state index in [0.717, 1.165) is 11.3 Å². The molecule has 0 fully saturated rings. The summed E-state index contributed by atoms with van der Waals surface area (Å²) in [5, 5.41) is 6.45. The molecule has 2 rings (SSSR count). The molecule has 0 amide bonds. The van der Waals surface area contributed by atoms with E-state index in [1.54, 1.807) is 25.4 Å². The first-order chi connectivity index (χ1) is 11.1. The van der Waals surface area contributed by atoms with Crippen molar-refractivity contribution in [3.63, 3.8) is 0 Å². The zero-order chi connectivity index (χ0) is 16.7. The van der Waals surface area contributed by atoms with E-state index in [-0.39, 0.29) is 11.9 Å². The Kier molecular flexibility index (Phi) is 6.17. The Morgan fingerprint density at radius 1 is 1.26 bits per heavy atom. The van der Waals surface area contributed by atoms with Crippen molar-refractivity contribution >= 4 is 5.96 Å². The minimum atomic E-state index is -0.227. The van der Waals surface area contributed by atoms with Gasteiger partial charge in [0, 0.05) is 13.6 Å². The number of benzene rings is 1. The van der Waals surface area contributed by atoms with Crippen LogP contribution in [0.1, 0.15) is 17.4 Å². The maximum absolute atomic E-state index is 13.4. The van der Waals surface area contributed by atoms with Crippen LogP contribution >= 0.6 is 0 Å². The molecule has 0 aliphatic rings. The van der Waals surface area contributed by atoms with Gasteiger partial charge in [-0.15, -0.1) is 0 Å². The SMILES string of the molecule is CN=C(NCc1ccco1)NCC(c1cccc(F)c1)N(C)C. The molecule has 6 heteroatoms. The zero-order valence-electron chi connectivity index (χ0n) is 13.7. The standard InChI is InChI=1S/C17H23FN4O/c1-19-17(20-11-15-8-5-9-23-15)21-12-16(22(2)3)13-6-4-7-14(18)10-13/h4-10,16H,11-12H2,1-3H3,(H2,19,20,21). The summed E-state index contributed by atoms with van der Waals surface area (Å²) in [6.07, 6.45) is 1.64. The molecule has 0 bridgehead atoms. The molecule has 23 heavy (non-hydrogen) atoms. The molecule has 0 spiro atoms. The van der Waals surface area contributed by atoms with Crippen LogP contribution in [0.5, 0.6) is 0 Å². The van der Waals surface area contributed by atoms with Gasteiger partial charge in [0.25, 0.3) is 0 Å². The fraction of sp³-hybridized carbons (Fsp3) is 0.353. The van der Waals surface area contributed by atoms with Gasteiger partial charge >= 0.3 is 0 Å². The van der Waals surface area contributed by atoms with E-state index in [2.05, 4.69) is 15.6 Å². The minimum Gasteiger partial charge on any atom is -0.467 e. The van der Waals surface area contributed by atoms with Crippen LogP contribution in [0.3, 0.4) is 0 Å². The maximum Gasteiger partial charge on any atom is 0.191 e. The van der Waals surface area contributed by atoms with Gasteiger partial charge in [0.2, 0.25) is 0 Å². The highest BCUT2D eigenvalue weighted by molar-refractivity contribution is 5.79. The number of likely N-dealkylation sites (N-methyl/N-ethyl adjacent to an activating group) is 1. The van der Waals surface area contributed by atoms with Crippen LogP contribution in [0.15, 0.2) is 52.1 Å². The lowest BCUT2D eigenvalue weighted by Crippen LogP contribution is -2.41. The molecule has 0 saturated carbocycles. The van der Waals surface area contributed by atoms with Gasteiger partial charge in [-0.2, -0.15) is 0 Å². The molecular weight excluding hydrogens is 295 g/mol. The third kappa shape index (κ3) is 5.10. The second-order valence-electron chi connectivity index (χ2n) is 5.42. The Bertz CT molecular complexity index is 625. The normalized spacial score (nSPS) is 13.2. The molecular formula is C17H23FN4O. The first kappa shape index (κ1) is 17.0. The molecule has 0 aliphatic carbocycles. The van der Waals surface area contributed by atoms with Crippen LogP contribution in [-0.2, 0) is 6.54 Å². The molecule has 1 aromatic carbocycles. The number of hydrogen-bond acceptors (Lipinski definition) is 3. The molecule has 0 saturated heterocycles. The first-order valence-electron chi connectivity index (χ1n) is 7.49. The van der Waals surface area contributed by atoms with Gasteiger partial charge in [0.1, 0.15) is 11.6 Å². The molecule has 124 valence electrons. The lowest BCUT2D eigenvalue weighted by molar-refractivity contribution is 0.297. The summed E-state index contributed by atoms with van der Waals surface area (Å²) >= 11 is 0. The van der Waals surface area contributed by atoms with Crippen LogP contribution in [-0.4, -0.2) is 38.5 Å². The van der Waals surface area contributed by atoms with Crippen molar-refractivity contribution in [3.05, 3.63) is 59.8 Å². The van der Waals surface area contributed by atoms with Gasteiger partial charge in [-0.3, -0.25) is 4.99 Å². The molecule has 1 heterocycles. The summed E-state index contributed by atoms with van der Waals surface area (Å²) in [4.78, 5) is 6.23. The van der Waals surface area contributed by atoms with E-state index in [9.17, 15) is 4.39 Å². The van der Waals surface area contributed by atoms with Crippen molar-refractivity contribution in [2.24, 2.45) is 4.99 Å². The van der Waals surface area contributed by atoms with E-state index in [4.69, 9.17) is 4.42 Å². The topological polar surface area (TPSA) is 52.8 Å². The van der Waals surface area contributed by atoms with Crippen LogP contribution in [0, 0.1) is 5.82 Å². The number of nitrogens with one attached hydrogen (secondary N) is 2. The highest BCUT2D eigenvalue weighted by atomic mass is 19.1. The van der Waals surface area contributed by atoms with Gasteiger partial charge in [0.15, 0.2) is 5.96 Å². The number of nitrogens with zero attached hydrogens (tertiary/aromatic N) is 2. The quantitative estimate of drug-likeness (QED) is 0.634. The number of guanidine groups is 1. The summed E-state index contributed by atoms with van der Waals surface area (Å²) in [5.74, 6) is 1.28. The number of rotatable bonds is 6. The van der Waals surface area contributed by atoms with E-state index >= 15 is 0 Å². The number of furan rings is 1. The van der Waals surface area contributed by atoms with E-state index in [1.807, 2.05) is 37.2 Å². The van der Waals surface area contributed by atoms with Crippen molar-refractivity contribution in [2.45, 2.75) is 12.6 Å². The Hall–Kier alpha value is -2.34. The molecule has 0 aliphatic heterocycles. The highest BCUT2D eigenvalue weighted by Gasteiger charge is 2.15. The third-order valence-corrected chi connectivity index (χ3v) is 3.55. The fourth-order valence-corrected chi connectivity index (χ4v) is 2.31. The van der Waals surface area contributed by atoms with E-state index in [1.165, 1.54) is 6.07 Å². The van der Waals surface area contributed by atoms with Crippen molar-refractivity contribution in [3.8, 4) is 0 Å². The second-order valence-corrected chi connectivity index (χ2v) is 5.42. The van der Waals surface area contributed by atoms with Gasteiger partial charge in [-0.05, 0) is 43.9 Å². The summed E-state index contributed by atoms with van der Waals surface area (Å²) in [5.41, 5.74) is 0.920. The molecule has 0 radical (unpaired) electrons. The summed E-state index contributed by atoms with van der Waals surface area (Å²) < 4.78 is 18.7. The average molecular weight is 318 g/mol. The molecule has 1 unspecified atom stereocenters. The highest BCUT2D eigenvalue weighted by Crippen LogP contribution is 2.18. The third-order valence-electron chi connectivity index (χ3n) is 3.55. The van der Waals surface area contributed by atoms with Gasteiger partial charge in [0.05, 0.1) is 18.8 Å². The van der Waals surface area contributed by atoms with Crippen molar-refractivity contribution in [1.82, 2.24) is 15.5 Å². The number of hydrogen-bond donors (Lipinski definition) is 2. The lowest BCUT2D eigenvalue weighted by atomic mass is 10.1. The average Bonchev–Trinajstić information content (AvgIpc) is 3.03. The Morgan fingerprint density at radius 2 is 2.09 bits per heavy atom. The summed E-state index contributed by atoms with van der Waals surface area (Å²) in [6, 6.07) is 10.4. The van der Waals surface area contributed by atoms with Crippen LogP contribution in [0.2, 0.25) is 0 Å². The van der Waals surface area contributed by atoms with Gasteiger partial charge < -0.3 is 20.0 Å². The second kappa shape index (κ2) is 8.33. The monoisotopic (exact) mass is 318 g/mol. The number of aliphatic imine (C=N–C) groups is 1. The molecule has 2 aromatic rings. The lowest BCUT2D eigenvalue weighted by Gasteiger charge is -2.26. The largest absolute Gasteiger partial charge is 0.467 e. The number of halogens is 1. The predicted molar refractivity (Wildman–Crippen MR) is 89.7 cm³/mol. The van der Waals surface area contributed by atoms with Gasteiger partial charge in [-0.1, -0.05) is 12.1 Å². The van der Waals surface area contributed by atoms with Crippen LogP contribution in [0.25, 0.3) is 0 Å². The van der Waals surface area contributed by atoms with E-state index < -0.39 is 0 Å². The van der Waals surface area contributed by atoms with Gasteiger partial charge in [-0.25, -0.2) is 4.39 Å². The minimum absolute atomic E-state index is 0.0351. The maximum atomic E-state index is 13.4. The predicted octanol–water partition coefficient (Wildman–Crippen LogP) is 2.39. The molecule has 1 atom stereocenters. The Labute approximate surface area is 136 Å². The molecule has 2 N–H and O–H groups in total. The fourth-order valence-electron chi connectivity index (χ4n) is 2.31. The van der Waals surface area contributed by atoms with Crippen molar-refractivity contribution in [1.29, 1.82) is 0 Å². The molecule has 5 nitrogen and oxygen atoms in total. The van der Waals surface area contributed by atoms with Crippen LogP contribution < -0.4 is 10.6 Å². The van der Waals surface area contributed by atoms with E-state index in [0.29, 0.717) is 19.0 Å². The Balaban J connectivity index is 1.94. The smallest absolute Gasteiger partial charge is 0.191 e. The van der Waals surface area contributed by atoms with Crippen LogP contribution in [0.4, 0.5) is 4.39 Å². The van der Waals surface area contributed by atoms with Crippen molar-refractivity contribution in [2.75, 3.05) is 27.7 Å². The molecule has 1 aromatic heterocycles. The van der Waals surface area contributed by atoms with Crippen molar-refractivity contribution < 1.29 is 8.81 Å². The summed E-state index contributed by atoms with van der Waals surface area (Å²) in [7, 11) is 5.65. The first-order valence-corrected chi connectivity index (χ1v) is 7.49. The zero-order valence-corrected chi connectivity index (χ0v) is 13.7.